The number of ether oxygens (including phenoxy) is 1. The zero-order valence-electron chi connectivity index (χ0n) is 14.2. The van der Waals surface area contributed by atoms with E-state index < -0.39 is 0 Å². The summed E-state index contributed by atoms with van der Waals surface area (Å²) >= 11 is 1.63. The Hall–Kier alpha value is -1.92. The number of methoxy groups -OCH3 is 1. The second-order valence-electron chi connectivity index (χ2n) is 6.11. The van der Waals surface area contributed by atoms with Crippen LogP contribution in [0, 0.1) is 6.92 Å². The molecule has 0 atom stereocenters. The fourth-order valence-corrected chi connectivity index (χ4v) is 3.59. The lowest BCUT2D eigenvalue weighted by molar-refractivity contribution is 0.0757. The van der Waals surface area contributed by atoms with E-state index in [-0.39, 0.29) is 5.91 Å². The van der Waals surface area contributed by atoms with Crippen LogP contribution in [0.1, 0.15) is 28.0 Å². The summed E-state index contributed by atoms with van der Waals surface area (Å²) in [5.74, 6) is 0.709. The molecule has 1 aromatic carbocycles. The summed E-state index contributed by atoms with van der Waals surface area (Å²) in [6.07, 6.45) is 0.976. The van der Waals surface area contributed by atoms with Gasteiger partial charge < -0.3 is 9.64 Å². The Morgan fingerprint density at radius 1 is 1.29 bits per heavy atom. The number of hydrogen-bond donors (Lipinski definition) is 0. The first-order chi connectivity index (χ1) is 11.7. The number of aryl methyl sites for hydroxylation is 1. The molecule has 2 heterocycles. The molecule has 1 amide bonds. The van der Waals surface area contributed by atoms with Crippen molar-refractivity contribution in [2.75, 3.05) is 33.3 Å². The third-order valence-corrected chi connectivity index (χ3v) is 4.97. The quantitative estimate of drug-likeness (QED) is 0.855. The van der Waals surface area contributed by atoms with Gasteiger partial charge in [-0.1, -0.05) is 11.6 Å². The summed E-state index contributed by atoms with van der Waals surface area (Å²) in [6.45, 7) is 6.24. The average molecular weight is 345 g/mol. The predicted molar refractivity (Wildman–Crippen MR) is 95.6 cm³/mol. The summed E-state index contributed by atoms with van der Waals surface area (Å²) in [6, 6.07) is 5.75. The molecule has 1 aliphatic rings. The van der Waals surface area contributed by atoms with E-state index in [4.69, 9.17) is 4.74 Å². The number of nitrogens with zero attached hydrogens (tertiary/aromatic N) is 3. The van der Waals surface area contributed by atoms with Crippen LogP contribution >= 0.6 is 11.3 Å². The van der Waals surface area contributed by atoms with Gasteiger partial charge in [0.15, 0.2) is 0 Å². The number of thiazole rings is 1. The Kier molecular flexibility index (Phi) is 5.48. The van der Waals surface area contributed by atoms with Crippen LogP contribution in [0.5, 0.6) is 5.75 Å². The minimum atomic E-state index is 0.0612. The monoisotopic (exact) mass is 345 g/mol. The van der Waals surface area contributed by atoms with E-state index in [0.717, 1.165) is 50.4 Å². The van der Waals surface area contributed by atoms with Crippen LogP contribution < -0.4 is 4.74 Å². The molecule has 0 bridgehead atoms. The Bertz CT molecular complexity index is 688. The Balaban J connectivity index is 1.67. The molecule has 6 heteroatoms. The molecule has 0 radical (unpaired) electrons. The molecule has 5 nitrogen and oxygen atoms in total. The fourth-order valence-electron chi connectivity index (χ4n) is 3.04. The van der Waals surface area contributed by atoms with Gasteiger partial charge in [0, 0.05) is 38.1 Å². The van der Waals surface area contributed by atoms with Crippen molar-refractivity contribution in [2.24, 2.45) is 0 Å². The number of aromatic nitrogens is 1. The van der Waals surface area contributed by atoms with Crippen LogP contribution in [0.2, 0.25) is 0 Å². The lowest BCUT2D eigenvalue weighted by Gasteiger charge is -2.22. The zero-order chi connectivity index (χ0) is 16.9. The topological polar surface area (TPSA) is 45.7 Å². The van der Waals surface area contributed by atoms with Crippen molar-refractivity contribution < 1.29 is 9.53 Å². The number of carbonyl (C=O) groups excluding carboxylic acids is 1. The molecule has 1 saturated heterocycles. The van der Waals surface area contributed by atoms with Crippen molar-refractivity contribution in [1.29, 1.82) is 0 Å². The first-order valence-electron chi connectivity index (χ1n) is 8.20. The maximum absolute atomic E-state index is 12.9. The van der Waals surface area contributed by atoms with E-state index in [0.29, 0.717) is 11.3 Å². The predicted octanol–water partition coefficient (Wildman–Crippen LogP) is 2.81. The second kappa shape index (κ2) is 7.77. The van der Waals surface area contributed by atoms with Crippen molar-refractivity contribution in [3.63, 3.8) is 0 Å². The van der Waals surface area contributed by atoms with Crippen molar-refractivity contribution in [3.8, 4) is 5.75 Å². The van der Waals surface area contributed by atoms with Crippen molar-refractivity contribution in [2.45, 2.75) is 19.9 Å². The summed E-state index contributed by atoms with van der Waals surface area (Å²) in [5.41, 5.74) is 4.71. The minimum absolute atomic E-state index is 0.0612. The maximum Gasteiger partial charge on any atom is 0.257 e. The minimum Gasteiger partial charge on any atom is -0.496 e. The van der Waals surface area contributed by atoms with Gasteiger partial charge in [-0.25, -0.2) is 4.98 Å². The highest BCUT2D eigenvalue weighted by Crippen LogP contribution is 2.22. The lowest BCUT2D eigenvalue weighted by Crippen LogP contribution is -2.35. The van der Waals surface area contributed by atoms with Gasteiger partial charge in [0.1, 0.15) is 5.75 Å². The standard InChI is InChI=1S/C18H23N3O2S/c1-14-4-5-17(23-2)16(10-14)18(22)21-7-3-6-20(8-9-21)11-15-12-24-13-19-15/h4-5,10,12-13H,3,6-9,11H2,1-2H3. The molecular formula is C18H23N3O2S. The number of amides is 1. The van der Waals surface area contributed by atoms with E-state index in [2.05, 4.69) is 15.3 Å². The van der Waals surface area contributed by atoms with Crippen molar-refractivity contribution in [1.82, 2.24) is 14.8 Å². The van der Waals surface area contributed by atoms with Gasteiger partial charge in [0.05, 0.1) is 23.9 Å². The molecule has 1 aromatic heterocycles. The zero-order valence-corrected chi connectivity index (χ0v) is 15.0. The highest BCUT2D eigenvalue weighted by Gasteiger charge is 2.23. The van der Waals surface area contributed by atoms with E-state index in [1.807, 2.05) is 35.5 Å². The van der Waals surface area contributed by atoms with Gasteiger partial charge in [-0.2, -0.15) is 0 Å². The molecule has 128 valence electrons. The summed E-state index contributed by atoms with van der Waals surface area (Å²) in [7, 11) is 1.61. The molecule has 1 aliphatic heterocycles. The summed E-state index contributed by atoms with van der Waals surface area (Å²) < 4.78 is 5.37. The van der Waals surface area contributed by atoms with Crippen LogP contribution in [0.3, 0.4) is 0 Å². The average Bonchev–Trinajstić information content (AvgIpc) is 2.98. The van der Waals surface area contributed by atoms with Crippen LogP contribution in [0.4, 0.5) is 0 Å². The van der Waals surface area contributed by atoms with Crippen LogP contribution in [-0.2, 0) is 6.54 Å². The van der Waals surface area contributed by atoms with Crippen LogP contribution in [-0.4, -0.2) is 54.0 Å². The van der Waals surface area contributed by atoms with Gasteiger partial charge in [-0.15, -0.1) is 11.3 Å². The third kappa shape index (κ3) is 3.94. The van der Waals surface area contributed by atoms with Gasteiger partial charge >= 0.3 is 0 Å². The van der Waals surface area contributed by atoms with Crippen molar-refractivity contribution >= 4 is 17.2 Å². The molecule has 0 unspecified atom stereocenters. The second-order valence-corrected chi connectivity index (χ2v) is 6.82. The molecular weight excluding hydrogens is 322 g/mol. The van der Waals surface area contributed by atoms with Crippen LogP contribution in [0.15, 0.2) is 29.1 Å². The van der Waals surface area contributed by atoms with Gasteiger partial charge in [-0.3, -0.25) is 9.69 Å². The molecule has 0 saturated carbocycles. The summed E-state index contributed by atoms with van der Waals surface area (Å²) in [4.78, 5) is 21.6. The van der Waals surface area contributed by atoms with E-state index in [1.54, 1.807) is 18.4 Å². The third-order valence-electron chi connectivity index (χ3n) is 4.33. The molecule has 1 fully saturated rings. The van der Waals surface area contributed by atoms with Gasteiger partial charge in [0.2, 0.25) is 0 Å². The highest BCUT2D eigenvalue weighted by atomic mass is 32.1. The van der Waals surface area contributed by atoms with E-state index >= 15 is 0 Å². The first-order valence-corrected chi connectivity index (χ1v) is 9.15. The molecule has 0 spiro atoms. The van der Waals surface area contributed by atoms with Crippen molar-refractivity contribution in [3.05, 3.63) is 45.9 Å². The molecule has 0 N–H and O–H groups in total. The largest absolute Gasteiger partial charge is 0.496 e. The molecule has 24 heavy (non-hydrogen) atoms. The van der Waals surface area contributed by atoms with Crippen LogP contribution in [0.25, 0.3) is 0 Å². The summed E-state index contributed by atoms with van der Waals surface area (Å²) in [5, 5.41) is 2.09. The number of rotatable bonds is 4. The Labute approximate surface area is 146 Å². The fraction of sp³-hybridized carbons (Fsp3) is 0.444. The Morgan fingerprint density at radius 2 is 2.17 bits per heavy atom. The normalized spacial score (nSPS) is 16.0. The SMILES string of the molecule is COc1ccc(C)cc1C(=O)N1CCCN(Cc2cscn2)CC1. The van der Waals surface area contributed by atoms with Gasteiger partial charge in [0.25, 0.3) is 5.91 Å². The smallest absolute Gasteiger partial charge is 0.257 e. The number of benzene rings is 1. The lowest BCUT2D eigenvalue weighted by atomic mass is 10.1. The number of carbonyl (C=O) groups is 1. The first kappa shape index (κ1) is 16.9. The van der Waals surface area contributed by atoms with E-state index in [1.165, 1.54) is 0 Å². The Morgan fingerprint density at radius 3 is 2.92 bits per heavy atom. The van der Waals surface area contributed by atoms with Gasteiger partial charge in [-0.05, 0) is 25.5 Å². The maximum atomic E-state index is 12.9. The molecule has 2 aromatic rings. The number of hydrogen-bond acceptors (Lipinski definition) is 5. The van der Waals surface area contributed by atoms with E-state index in [9.17, 15) is 4.79 Å². The molecule has 0 aliphatic carbocycles. The highest BCUT2D eigenvalue weighted by molar-refractivity contribution is 7.07. The molecule has 3 rings (SSSR count).